The van der Waals surface area contributed by atoms with E-state index in [4.69, 9.17) is 4.74 Å². The van der Waals surface area contributed by atoms with E-state index in [0.29, 0.717) is 18.4 Å². The molecule has 136 valence electrons. The first-order chi connectivity index (χ1) is 12.1. The van der Waals surface area contributed by atoms with Gasteiger partial charge >= 0.3 is 5.97 Å². The Hall–Kier alpha value is -1.62. The maximum Gasteiger partial charge on any atom is 0.310 e. The average molecular weight is 343 g/mol. The molecule has 5 atom stereocenters. The lowest BCUT2D eigenvalue weighted by Crippen LogP contribution is -2.45. The first-order valence-electron chi connectivity index (χ1n) is 9.63. The molecule has 2 heterocycles. The Kier molecular flexibility index (Phi) is 4.44. The molecule has 4 rings (SSSR count). The number of carbonyl (C=O) groups is 1. The van der Waals surface area contributed by atoms with Crippen molar-refractivity contribution in [3.63, 3.8) is 0 Å². The van der Waals surface area contributed by atoms with Gasteiger partial charge in [0.2, 0.25) is 0 Å². The van der Waals surface area contributed by atoms with Gasteiger partial charge in [0.05, 0.1) is 12.2 Å². The Bertz CT molecular complexity index is 641. The van der Waals surface area contributed by atoms with Crippen LogP contribution >= 0.6 is 0 Å². The summed E-state index contributed by atoms with van der Waals surface area (Å²) in [6.07, 6.45) is 10.3. The third-order valence-electron chi connectivity index (χ3n) is 6.81. The summed E-state index contributed by atoms with van der Waals surface area (Å²) in [5.41, 5.74) is 2.79. The molecule has 1 aliphatic heterocycles. The molecular formula is C20H29N3O2. The lowest BCUT2D eigenvalue weighted by atomic mass is 9.55. The fraction of sp³-hybridized carbons (Fsp3) is 0.700. The molecule has 0 spiro atoms. The molecular weight excluding hydrogens is 314 g/mol. The third kappa shape index (κ3) is 3.14. The minimum absolute atomic E-state index is 0.00287. The van der Waals surface area contributed by atoms with Gasteiger partial charge in [0, 0.05) is 37.3 Å². The van der Waals surface area contributed by atoms with Crippen LogP contribution in [0.4, 0.5) is 0 Å². The van der Waals surface area contributed by atoms with E-state index in [0.717, 1.165) is 37.9 Å². The minimum Gasteiger partial charge on any atom is -0.462 e. The van der Waals surface area contributed by atoms with Crippen molar-refractivity contribution in [3.8, 4) is 0 Å². The van der Waals surface area contributed by atoms with Crippen molar-refractivity contribution in [2.45, 2.75) is 51.6 Å². The Morgan fingerprint density at radius 3 is 3.20 bits per heavy atom. The molecule has 2 aliphatic carbocycles. The molecule has 0 bridgehead atoms. The molecule has 0 unspecified atom stereocenters. The van der Waals surface area contributed by atoms with Crippen LogP contribution < -0.4 is 5.32 Å². The van der Waals surface area contributed by atoms with Crippen molar-refractivity contribution in [3.05, 3.63) is 30.4 Å². The number of H-pyrrole nitrogens is 1. The number of hydrogen-bond acceptors (Lipinski definition) is 4. The van der Waals surface area contributed by atoms with Gasteiger partial charge in [-0.2, -0.15) is 0 Å². The van der Waals surface area contributed by atoms with E-state index in [1.54, 1.807) is 6.33 Å². The van der Waals surface area contributed by atoms with Crippen LogP contribution in [0.15, 0.2) is 24.7 Å². The van der Waals surface area contributed by atoms with Crippen molar-refractivity contribution in [2.24, 2.45) is 23.2 Å². The number of allylic oxidation sites excluding steroid dienone is 1. The van der Waals surface area contributed by atoms with Gasteiger partial charge in [-0.3, -0.25) is 4.79 Å². The van der Waals surface area contributed by atoms with Crippen molar-refractivity contribution in [2.75, 3.05) is 13.1 Å². The van der Waals surface area contributed by atoms with Gasteiger partial charge in [-0.15, -0.1) is 0 Å². The Morgan fingerprint density at radius 1 is 1.52 bits per heavy atom. The van der Waals surface area contributed by atoms with Crippen LogP contribution in [0, 0.1) is 23.2 Å². The number of carbonyl (C=O) groups excluding carboxylic acids is 1. The zero-order valence-electron chi connectivity index (χ0n) is 15.1. The van der Waals surface area contributed by atoms with Gasteiger partial charge in [0.15, 0.2) is 0 Å². The Labute approximate surface area is 149 Å². The first-order valence-corrected chi connectivity index (χ1v) is 9.63. The second-order valence-electron chi connectivity index (χ2n) is 8.43. The molecule has 0 aromatic carbocycles. The molecule has 3 aliphatic rings. The van der Waals surface area contributed by atoms with E-state index in [1.165, 1.54) is 18.4 Å². The van der Waals surface area contributed by atoms with Crippen LogP contribution in [0.1, 0.15) is 44.7 Å². The van der Waals surface area contributed by atoms with E-state index in [-0.39, 0.29) is 23.4 Å². The third-order valence-corrected chi connectivity index (χ3v) is 6.81. The fourth-order valence-corrected chi connectivity index (χ4v) is 5.39. The number of imidazole rings is 1. The monoisotopic (exact) mass is 343 g/mol. The van der Waals surface area contributed by atoms with Crippen LogP contribution in [0.3, 0.4) is 0 Å². The number of esters is 1. The van der Waals surface area contributed by atoms with Crippen molar-refractivity contribution >= 4 is 5.97 Å². The molecule has 3 fully saturated rings. The normalized spacial score (nSPS) is 37.5. The highest BCUT2D eigenvalue weighted by atomic mass is 16.6. The van der Waals surface area contributed by atoms with Crippen LogP contribution in [0.2, 0.25) is 0 Å². The van der Waals surface area contributed by atoms with Gasteiger partial charge < -0.3 is 15.0 Å². The SMILES string of the molecule is C=C1CCC[C@]2(C)C[C@H]3OC(=O)[C@H](CNCCc4cnc[nH]4)[C@H]3C[C@@H]12. The van der Waals surface area contributed by atoms with Crippen LogP contribution in [0.5, 0.6) is 0 Å². The summed E-state index contributed by atoms with van der Waals surface area (Å²) in [4.78, 5) is 19.6. The maximum atomic E-state index is 12.5. The summed E-state index contributed by atoms with van der Waals surface area (Å²) in [6.45, 7) is 8.29. The van der Waals surface area contributed by atoms with Gasteiger partial charge in [-0.1, -0.05) is 19.1 Å². The molecule has 0 amide bonds. The predicted octanol–water partition coefficient (Wildman–Crippen LogP) is 2.86. The first kappa shape index (κ1) is 16.8. The number of fused-ring (bicyclic) bond motifs is 2. The molecule has 5 nitrogen and oxygen atoms in total. The standard InChI is InChI=1S/C20H29N3O2/c1-13-4-3-6-20(2)9-18-15(8-17(13)20)16(19(24)25-18)11-21-7-5-14-10-22-12-23-14/h10,12,15-18,21H,1,3-9,11H2,2H3,(H,22,23)/t15-,16-,17+,18-,20-/m1/s1. The molecule has 2 N–H and O–H groups in total. The summed E-state index contributed by atoms with van der Waals surface area (Å²) in [5, 5.41) is 3.45. The molecule has 25 heavy (non-hydrogen) atoms. The van der Waals surface area contributed by atoms with Crippen molar-refractivity contribution in [1.82, 2.24) is 15.3 Å². The molecule has 1 saturated heterocycles. The number of hydrogen-bond donors (Lipinski definition) is 2. The van der Waals surface area contributed by atoms with E-state index in [2.05, 4.69) is 28.8 Å². The molecule has 0 radical (unpaired) electrons. The predicted molar refractivity (Wildman–Crippen MR) is 95.8 cm³/mol. The van der Waals surface area contributed by atoms with Crippen molar-refractivity contribution in [1.29, 1.82) is 0 Å². The topological polar surface area (TPSA) is 67.0 Å². The summed E-state index contributed by atoms with van der Waals surface area (Å²) in [5.74, 6) is 0.896. The number of aromatic nitrogens is 2. The molecule has 1 aromatic rings. The van der Waals surface area contributed by atoms with E-state index < -0.39 is 0 Å². The zero-order chi connectivity index (χ0) is 17.4. The second-order valence-corrected chi connectivity index (χ2v) is 8.43. The number of ether oxygens (including phenoxy) is 1. The highest BCUT2D eigenvalue weighted by molar-refractivity contribution is 5.75. The fourth-order valence-electron chi connectivity index (χ4n) is 5.39. The van der Waals surface area contributed by atoms with Gasteiger partial charge in [0.1, 0.15) is 6.10 Å². The van der Waals surface area contributed by atoms with Gasteiger partial charge in [-0.25, -0.2) is 4.98 Å². The number of nitrogens with zero attached hydrogens (tertiary/aromatic N) is 1. The molecule has 2 saturated carbocycles. The maximum absolute atomic E-state index is 12.5. The van der Waals surface area contributed by atoms with Crippen LogP contribution in [0.25, 0.3) is 0 Å². The number of aromatic amines is 1. The summed E-state index contributed by atoms with van der Waals surface area (Å²) < 4.78 is 5.81. The molecule has 5 heteroatoms. The van der Waals surface area contributed by atoms with E-state index in [9.17, 15) is 4.79 Å². The number of rotatable bonds is 5. The van der Waals surface area contributed by atoms with Gasteiger partial charge in [0.25, 0.3) is 0 Å². The number of nitrogens with one attached hydrogen (secondary N) is 2. The lowest BCUT2D eigenvalue weighted by Gasteiger charge is -2.50. The summed E-state index contributed by atoms with van der Waals surface area (Å²) in [7, 11) is 0. The zero-order valence-corrected chi connectivity index (χ0v) is 15.1. The lowest BCUT2D eigenvalue weighted by molar-refractivity contribution is -0.146. The highest BCUT2D eigenvalue weighted by Crippen LogP contribution is 2.56. The Balaban J connectivity index is 1.37. The molecule has 1 aromatic heterocycles. The summed E-state index contributed by atoms with van der Waals surface area (Å²) >= 11 is 0. The van der Waals surface area contributed by atoms with Crippen molar-refractivity contribution < 1.29 is 9.53 Å². The van der Waals surface area contributed by atoms with Crippen LogP contribution in [-0.2, 0) is 16.0 Å². The second kappa shape index (κ2) is 6.60. The van der Waals surface area contributed by atoms with E-state index in [1.807, 2.05) is 6.20 Å². The average Bonchev–Trinajstić information content (AvgIpc) is 3.17. The quantitative estimate of drug-likeness (QED) is 0.490. The smallest absolute Gasteiger partial charge is 0.310 e. The van der Waals surface area contributed by atoms with E-state index >= 15 is 0 Å². The highest BCUT2D eigenvalue weighted by Gasteiger charge is 2.54. The minimum atomic E-state index is -0.00829. The summed E-state index contributed by atoms with van der Waals surface area (Å²) in [6, 6.07) is 0. The Morgan fingerprint density at radius 2 is 2.40 bits per heavy atom. The largest absolute Gasteiger partial charge is 0.462 e. The van der Waals surface area contributed by atoms with Crippen LogP contribution in [-0.4, -0.2) is 35.1 Å². The van der Waals surface area contributed by atoms with Gasteiger partial charge in [-0.05, 0) is 43.4 Å².